The molecule has 40 heavy (non-hydrogen) atoms. The monoisotopic (exact) mass is 548 g/mol. The summed E-state index contributed by atoms with van der Waals surface area (Å²) in [6.07, 6.45) is 4.31. The molecule has 1 N–H and O–H groups in total. The van der Waals surface area contributed by atoms with Crippen LogP contribution in [-0.4, -0.2) is 59.3 Å². The molecule has 0 spiro atoms. The standard InChI is InChI=1S/C32H35F3N4O/c1-19-11-24-23-5-2-3-6-27(23)37-30(24)31(39(19)28-16-32(18-36)14-20(28)15-32)29-25(34)12-22(13-26(29)35)40-21-7-10-38(17-21)9-4-8-33/h2-3,5-6,12-13,19-21,28,31,37H,4,7-11,14-17H2,1H3/t19-,20?,21+,28+,31-,32?/m0/s1. The Morgan fingerprint density at radius 3 is 2.65 bits per heavy atom. The number of hydrogen-bond donors (Lipinski definition) is 1. The molecular formula is C32H35F3N4O. The lowest BCUT2D eigenvalue weighted by Crippen LogP contribution is -2.49. The first-order valence-corrected chi connectivity index (χ1v) is 14.6. The number of fused-ring (bicyclic) bond motifs is 4. The normalized spacial score (nSPS) is 31.7. The third-order valence-electron chi connectivity index (χ3n) is 9.96. The Bertz CT molecular complexity index is 1450. The second kappa shape index (κ2) is 9.81. The summed E-state index contributed by atoms with van der Waals surface area (Å²) in [6.45, 7) is 3.87. The van der Waals surface area contributed by atoms with Crippen molar-refractivity contribution in [1.82, 2.24) is 14.8 Å². The highest BCUT2D eigenvalue weighted by Gasteiger charge is 2.60. The van der Waals surface area contributed by atoms with Gasteiger partial charge in [-0.25, -0.2) is 8.78 Å². The fourth-order valence-corrected chi connectivity index (χ4v) is 8.19. The third kappa shape index (κ3) is 4.12. The molecule has 2 aliphatic heterocycles. The Morgan fingerprint density at radius 2 is 1.93 bits per heavy atom. The minimum absolute atomic E-state index is 0.0396. The van der Waals surface area contributed by atoms with Crippen LogP contribution >= 0.6 is 0 Å². The summed E-state index contributed by atoms with van der Waals surface area (Å²) in [5, 5.41) is 10.9. The van der Waals surface area contributed by atoms with Gasteiger partial charge in [-0.15, -0.1) is 0 Å². The van der Waals surface area contributed by atoms with Gasteiger partial charge in [-0.1, -0.05) is 18.2 Å². The van der Waals surface area contributed by atoms with E-state index < -0.39 is 17.7 Å². The molecular weight excluding hydrogens is 513 g/mol. The zero-order valence-corrected chi connectivity index (χ0v) is 22.8. The first-order valence-electron chi connectivity index (χ1n) is 14.6. The van der Waals surface area contributed by atoms with E-state index in [2.05, 4.69) is 33.8 Å². The number of aromatic amines is 1. The van der Waals surface area contributed by atoms with Crippen LogP contribution in [0.5, 0.6) is 5.75 Å². The first-order chi connectivity index (χ1) is 19.4. The molecule has 4 fully saturated rings. The van der Waals surface area contributed by atoms with Gasteiger partial charge in [-0.2, -0.15) is 5.26 Å². The third-order valence-corrected chi connectivity index (χ3v) is 9.96. The molecule has 3 heterocycles. The summed E-state index contributed by atoms with van der Waals surface area (Å²) in [7, 11) is 0. The van der Waals surface area contributed by atoms with Gasteiger partial charge < -0.3 is 9.72 Å². The molecule has 1 saturated heterocycles. The van der Waals surface area contributed by atoms with Crippen LogP contribution in [0, 0.1) is 34.3 Å². The number of H-pyrrole nitrogens is 1. The Morgan fingerprint density at radius 1 is 1.15 bits per heavy atom. The van der Waals surface area contributed by atoms with E-state index in [1.165, 1.54) is 12.1 Å². The molecule has 8 heteroatoms. The molecule has 5 nitrogen and oxygen atoms in total. The van der Waals surface area contributed by atoms with E-state index in [9.17, 15) is 9.65 Å². The molecule has 4 atom stereocenters. The number of para-hydroxylation sites is 1. The van der Waals surface area contributed by atoms with E-state index >= 15 is 8.78 Å². The first kappa shape index (κ1) is 25.9. The molecule has 0 amide bonds. The van der Waals surface area contributed by atoms with Crippen LogP contribution in [0.3, 0.4) is 0 Å². The fraction of sp³-hybridized carbons (Fsp3) is 0.531. The van der Waals surface area contributed by atoms with Crippen LogP contribution in [-0.2, 0) is 6.42 Å². The van der Waals surface area contributed by atoms with Crippen molar-refractivity contribution in [3.05, 3.63) is 64.9 Å². The van der Waals surface area contributed by atoms with E-state index in [1.54, 1.807) is 0 Å². The Balaban J connectivity index is 1.25. The van der Waals surface area contributed by atoms with E-state index in [0.29, 0.717) is 25.4 Å². The molecule has 0 radical (unpaired) electrons. The lowest BCUT2D eigenvalue weighted by Gasteiger charge is -2.46. The van der Waals surface area contributed by atoms with E-state index in [-0.39, 0.29) is 41.6 Å². The van der Waals surface area contributed by atoms with Crippen LogP contribution in [0.4, 0.5) is 13.2 Å². The van der Waals surface area contributed by atoms with Crippen molar-refractivity contribution in [1.29, 1.82) is 5.26 Å². The summed E-state index contributed by atoms with van der Waals surface area (Å²) >= 11 is 0. The van der Waals surface area contributed by atoms with Crippen molar-refractivity contribution in [2.45, 2.75) is 69.7 Å². The number of nitriles is 1. The van der Waals surface area contributed by atoms with Crippen LogP contribution in [0.15, 0.2) is 36.4 Å². The number of alkyl halides is 1. The molecule has 3 saturated carbocycles. The second-order valence-electron chi connectivity index (χ2n) is 12.5. The lowest BCUT2D eigenvalue weighted by molar-refractivity contribution is 0.0660. The fourth-order valence-electron chi connectivity index (χ4n) is 8.19. The molecule has 0 unspecified atom stereocenters. The Hall–Kier alpha value is -3.02. The van der Waals surface area contributed by atoms with Crippen molar-refractivity contribution >= 4 is 10.9 Å². The van der Waals surface area contributed by atoms with Gasteiger partial charge in [0.2, 0.25) is 0 Å². The van der Waals surface area contributed by atoms with Crippen molar-refractivity contribution in [3.8, 4) is 11.8 Å². The van der Waals surface area contributed by atoms with Crippen molar-refractivity contribution in [2.75, 3.05) is 26.3 Å². The summed E-state index contributed by atoms with van der Waals surface area (Å²) in [5.74, 6) is -0.672. The molecule has 5 aliphatic rings. The van der Waals surface area contributed by atoms with Gasteiger partial charge in [0.05, 0.1) is 24.2 Å². The van der Waals surface area contributed by atoms with Crippen molar-refractivity contribution in [2.24, 2.45) is 11.3 Å². The average Bonchev–Trinajstić information content (AvgIpc) is 3.68. The summed E-state index contributed by atoms with van der Waals surface area (Å²) in [6, 6.07) is 12.8. The van der Waals surface area contributed by atoms with Crippen LogP contribution in [0.1, 0.15) is 61.9 Å². The van der Waals surface area contributed by atoms with Crippen molar-refractivity contribution in [3.63, 3.8) is 0 Å². The molecule has 8 rings (SSSR count). The molecule has 210 valence electrons. The number of likely N-dealkylation sites (tertiary alicyclic amines) is 1. The number of nitrogens with zero attached hydrogens (tertiary/aromatic N) is 3. The number of nitrogens with one attached hydrogen (secondary N) is 1. The largest absolute Gasteiger partial charge is 0.489 e. The van der Waals surface area contributed by atoms with E-state index in [0.717, 1.165) is 60.8 Å². The quantitative estimate of drug-likeness (QED) is 0.377. The molecule has 2 aromatic carbocycles. The zero-order valence-electron chi connectivity index (χ0n) is 22.8. The molecule has 3 aliphatic carbocycles. The minimum atomic E-state index is -0.622. The summed E-state index contributed by atoms with van der Waals surface area (Å²) in [4.78, 5) is 7.97. The van der Waals surface area contributed by atoms with Gasteiger partial charge in [0.25, 0.3) is 0 Å². The average molecular weight is 549 g/mol. The van der Waals surface area contributed by atoms with Gasteiger partial charge in [0.15, 0.2) is 0 Å². The van der Waals surface area contributed by atoms with Gasteiger partial charge >= 0.3 is 0 Å². The van der Waals surface area contributed by atoms with Gasteiger partial charge in [0, 0.05) is 66.0 Å². The van der Waals surface area contributed by atoms with Crippen molar-refractivity contribution < 1.29 is 17.9 Å². The SMILES string of the molecule is C[C@H]1Cc2c([nH]c3ccccc23)[C@H](c2c(F)cc(O[C@@H]3CCN(CCCF)C3)cc2F)N1[C@@H]1CC2(C#N)CC1C2. The highest BCUT2D eigenvalue weighted by Crippen LogP contribution is 2.62. The highest BCUT2D eigenvalue weighted by molar-refractivity contribution is 5.85. The van der Waals surface area contributed by atoms with Crippen LogP contribution in [0.2, 0.25) is 0 Å². The maximum atomic E-state index is 16.1. The van der Waals surface area contributed by atoms with E-state index in [1.807, 2.05) is 18.2 Å². The number of rotatable bonds is 7. The smallest absolute Gasteiger partial charge is 0.135 e. The maximum absolute atomic E-state index is 16.1. The maximum Gasteiger partial charge on any atom is 0.135 e. The zero-order chi connectivity index (χ0) is 27.6. The van der Waals surface area contributed by atoms with Gasteiger partial charge in [0.1, 0.15) is 23.5 Å². The number of halogens is 3. The predicted molar refractivity (Wildman–Crippen MR) is 147 cm³/mol. The predicted octanol–water partition coefficient (Wildman–Crippen LogP) is 6.29. The Kier molecular flexibility index (Phi) is 6.36. The molecule has 1 aromatic heterocycles. The van der Waals surface area contributed by atoms with Gasteiger partial charge in [-0.3, -0.25) is 14.2 Å². The summed E-state index contributed by atoms with van der Waals surface area (Å²) < 4.78 is 50.9. The van der Waals surface area contributed by atoms with Crippen LogP contribution in [0.25, 0.3) is 10.9 Å². The molecule has 2 bridgehead atoms. The topological polar surface area (TPSA) is 55.3 Å². The second-order valence-corrected chi connectivity index (χ2v) is 12.5. The van der Waals surface area contributed by atoms with Crippen LogP contribution < -0.4 is 4.74 Å². The number of hydrogen-bond acceptors (Lipinski definition) is 4. The number of aromatic nitrogens is 1. The number of benzene rings is 2. The molecule has 3 aromatic rings. The highest BCUT2D eigenvalue weighted by atomic mass is 19.1. The van der Waals surface area contributed by atoms with E-state index in [4.69, 9.17) is 4.74 Å². The Labute approximate surface area is 232 Å². The number of ether oxygens (including phenoxy) is 1. The summed E-state index contributed by atoms with van der Waals surface area (Å²) in [5.41, 5.74) is 2.67. The minimum Gasteiger partial charge on any atom is -0.489 e. The van der Waals surface area contributed by atoms with Gasteiger partial charge in [-0.05, 0) is 63.0 Å². The lowest BCUT2D eigenvalue weighted by atomic mass is 9.71.